The Morgan fingerprint density at radius 3 is 2.89 bits per heavy atom. The summed E-state index contributed by atoms with van der Waals surface area (Å²) in [5.74, 6) is -0.338. The van der Waals surface area contributed by atoms with Crippen LogP contribution in [0.2, 0.25) is 0 Å². The first-order chi connectivity index (χ1) is 8.70. The predicted octanol–water partition coefficient (Wildman–Crippen LogP) is 0.333. The van der Waals surface area contributed by atoms with Crippen LogP contribution in [0.25, 0.3) is 0 Å². The van der Waals surface area contributed by atoms with E-state index in [0.29, 0.717) is 32.8 Å². The van der Waals surface area contributed by atoms with Gasteiger partial charge in [-0.1, -0.05) is 13.3 Å². The van der Waals surface area contributed by atoms with Crippen LogP contribution in [0.3, 0.4) is 0 Å². The summed E-state index contributed by atoms with van der Waals surface area (Å²) in [4.78, 5) is 25.3. The van der Waals surface area contributed by atoms with Gasteiger partial charge in [-0.05, 0) is 13.3 Å². The van der Waals surface area contributed by atoms with Gasteiger partial charge in [0.05, 0.1) is 6.61 Å². The summed E-state index contributed by atoms with van der Waals surface area (Å²) in [5, 5.41) is 5.94. The van der Waals surface area contributed by atoms with Gasteiger partial charge < -0.3 is 20.3 Å². The van der Waals surface area contributed by atoms with Crippen LogP contribution in [0.15, 0.2) is 0 Å². The van der Waals surface area contributed by atoms with Crippen LogP contribution in [0, 0.1) is 0 Å². The number of carbonyl (C=O) groups excluding carboxylic acids is 2. The predicted molar refractivity (Wildman–Crippen MR) is 68.3 cm³/mol. The maximum Gasteiger partial charge on any atom is 0.330 e. The smallest absolute Gasteiger partial charge is 0.330 e. The van der Waals surface area contributed by atoms with Crippen LogP contribution in [0.5, 0.6) is 0 Å². The minimum atomic E-state index is -0.514. The van der Waals surface area contributed by atoms with Gasteiger partial charge in [-0.3, -0.25) is 0 Å². The molecule has 2 N–H and O–H groups in total. The molecule has 0 aromatic heterocycles. The van der Waals surface area contributed by atoms with Crippen molar-refractivity contribution in [3.8, 4) is 0 Å². The van der Waals surface area contributed by atoms with Crippen LogP contribution < -0.4 is 10.6 Å². The Hall–Kier alpha value is -1.30. The van der Waals surface area contributed by atoms with Gasteiger partial charge in [0, 0.05) is 26.2 Å². The molecule has 0 bridgehead atoms. The van der Waals surface area contributed by atoms with E-state index in [1.165, 1.54) is 0 Å². The number of carbonyl (C=O) groups is 2. The van der Waals surface area contributed by atoms with E-state index < -0.39 is 6.04 Å². The summed E-state index contributed by atoms with van der Waals surface area (Å²) in [6, 6.07) is -0.691. The zero-order chi connectivity index (χ0) is 13.4. The molecule has 104 valence electrons. The Morgan fingerprint density at radius 1 is 1.44 bits per heavy atom. The second-order valence-corrected chi connectivity index (χ2v) is 4.25. The van der Waals surface area contributed by atoms with Crippen molar-refractivity contribution >= 4 is 12.0 Å². The molecule has 1 saturated heterocycles. The van der Waals surface area contributed by atoms with Crippen molar-refractivity contribution in [3.05, 3.63) is 0 Å². The van der Waals surface area contributed by atoms with Crippen molar-refractivity contribution in [2.45, 2.75) is 32.7 Å². The second kappa shape index (κ2) is 7.92. The fourth-order valence-electron chi connectivity index (χ4n) is 1.87. The van der Waals surface area contributed by atoms with Gasteiger partial charge >= 0.3 is 12.0 Å². The number of rotatable bonds is 5. The topological polar surface area (TPSA) is 70.7 Å². The van der Waals surface area contributed by atoms with Gasteiger partial charge in [0.25, 0.3) is 0 Å². The van der Waals surface area contributed by atoms with Crippen LogP contribution >= 0.6 is 0 Å². The number of ether oxygens (including phenoxy) is 1. The van der Waals surface area contributed by atoms with Crippen molar-refractivity contribution in [2.75, 3.05) is 32.8 Å². The van der Waals surface area contributed by atoms with Gasteiger partial charge in [-0.2, -0.15) is 0 Å². The van der Waals surface area contributed by atoms with Crippen molar-refractivity contribution in [2.24, 2.45) is 0 Å². The summed E-state index contributed by atoms with van der Waals surface area (Å²) in [6.07, 6.45) is 1.98. The van der Waals surface area contributed by atoms with Crippen LogP contribution in [-0.4, -0.2) is 55.7 Å². The first kappa shape index (κ1) is 14.8. The zero-order valence-electron chi connectivity index (χ0n) is 11.2. The highest BCUT2D eigenvalue weighted by atomic mass is 16.5. The largest absolute Gasteiger partial charge is 0.464 e. The number of hydrogen-bond donors (Lipinski definition) is 2. The lowest BCUT2D eigenvalue weighted by Crippen LogP contribution is -2.59. The van der Waals surface area contributed by atoms with Gasteiger partial charge in [0.15, 0.2) is 0 Å². The molecule has 0 aliphatic carbocycles. The molecule has 0 radical (unpaired) electrons. The third kappa shape index (κ3) is 4.18. The average Bonchev–Trinajstić information content (AvgIpc) is 2.39. The lowest BCUT2D eigenvalue weighted by Gasteiger charge is -2.34. The minimum Gasteiger partial charge on any atom is -0.464 e. The molecule has 1 aliphatic rings. The highest BCUT2D eigenvalue weighted by Gasteiger charge is 2.32. The van der Waals surface area contributed by atoms with E-state index in [9.17, 15) is 9.59 Å². The van der Waals surface area contributed by atoms with Crippen molar-refractivity contribution < 1.29 is 14.3 Å². The molecule has 18 heavy (non-hydrogen) atoms. The molecule has 1 rings (SSSR count). The Labute approximate surface area is 108 Å². The molecule has 1 heterocycles. The van der Waals surface area contributed by atoms with Gasteiger partial charge in [0.2, 0.25) is 0 Å². The zero-order valence-corrected chi connectivity index (χ0v) is 11.2. The summed E-state index contributed by atoms with van der Waals surface area (Å²) in [7, 11) is 0. The number of urea groups is 1. The van der Waals surface area contributed by atoms with Crippen LogP contribution in [0.1, 0.15) is 26.7 Å². The number of hydrogen-bond acceptors (Lipinski definition) is 4. The monoisotopic (exact) mass is 257 g/mol. The van der Waals surface area contributed by atoms with Gasteiger partial charge in [-0.25, -0.2) is 9.59 Å². The normalized spacial score (nSPS) is 19.4. The maximum atomic E-state index is 12.0. The third-order valence-electron chi connectivity index (χ3n) is 2.87. The fourth-order valence-corrected chi connectivity index (χ4v) is 1.87. The molecular formula is C12H23N3O3. The quantitative estimate of drug-likeness (QED) is 0.550. The van der Waals surface area contributed by atoms with Crippen molar-refractivity contribution in [3.63, 3.8) is 0 Å². The summed E-state index contributed by atoms with van der Waals surface area (Å²) >= 11 is 0. The SMILES string of the molecule is CCCCNC(=O)N1CCNCC1C(=O)OCC. The van der Waals surface area contributed by atoms with E-state index in [-0.39, 0.29) is 12.0 Å². The third-order valence-corrected chi connectivity index (χ3v) is 2.87. The lowest BCUT2D eigenvalue weighted by molar-refractivity contribution is -0.148. The molecule has 0 saturated carbocycles. The number of esters is 1. The highest BCUT2D eigenvalue weighted by Crippen LogP contribution is 2.06. The second-order valence-electron chi connectivity index (χ2n) is 4.25. The molecule has 1 unspecified atom stereocenters. The molecule has 2 amide bonds. The first-order valence-corrected chi connectivity index (χ1v) is 6.62. The van der Waals surface area contributed by atoms with E-state index in [1.54, 1.807) is 11.8 Å². The van der Waals surface area contributed by atoms with Gasteiger partial charge in [0.1, 0.15) is 6.04 Å². The molecule has 6 heteroatoms. The van der Waals surface area contributed by atoms with E-state index in [4.69, 9.17) is 4.74 Å². The van der Waals surface area contributed by atoms with Crippen molar-refractivity contribution in [1.29, 1.82) is 0 Å². The van der Waals surface area contributed by atoms with E-state index in [1.807, 2.05) is 0 Å². The molecule has 0 spiro atoms. The number of nitrogens with one attached hydrogen (secondary N) is 2. The number of nitrogens with zero attached hydrogens (tertiary/aromatic N) is 1. The standard InChI is InChI=1S/C12H23N3O3/c1-3-5-6-14-12(17)15-8-7-13-9-10(15)11(16)18-4-2/h10,13H,3-9H2,1-2H3,(H,14,17). The molecular weight excluding hydrogens is 234 g/mol. The molecule has 1 aliphatic heterocycles. The molecule has 6 nitrogen and oxygen atoms in total. The van der Waals surface area contributed by atoms with E-state index in [2.05, 4.69) is 17.6 Å². The molecule has 1 atom stereocenters. The number of unbranched alkanes of at least 4 members (excludes halogenated alkanes) is 1. The molecule has 1 fully saturated rings. The Bertz CT molecular complexity index is 284. The molecule has 0 aromatic rings. The molecule has 0 aromatic carbocycles. The average molecular weight is 257 g/mol. The van der Waals surface area contributed by atoms with Crippen LogP contribution in [-0.2, 0) is 9.53 Å². The number of amides is 2. The highest BCUT2D eigenvalue weighted by molar-refractivity contribution is 5.84. The van der Waals surface area contributed by atoms with Crippen LogP contribution in [0.4, 0.5) is 4.79 Å². The fraction of sp³-hybridized carbons (Fsp3) is 0.833. The summed E-state index contributed by atoms with van der Waals surface area (Å²) < 4.78 is 4.99. The Balaban J connectivity index is 2.52. The number of piperazine rings is 1. The Morgan fingerprint density at radius 2 is 2.22 bits per heavy atom. The lowest BCUT2D eigenvalue weighted by atomic mass is 10.2. The Kier molecular flexibility index (Phi) is 6.49. The maximum absolute atomic E-state index is 12.0. The van der Waals surface area contributed by atoms with E-state index >= 15 is 0 Å². The minimum absolute atomic E-state index is 0.178. The van der Waals surface area contributed by atoms with Gasteiger partial charge in [-0.15, -0.1) is 0 Å². The van der Waals surface area contributed by atoms with Crippen molar-refractivity contribution in [1.82, 2.24) is 15.5 Å². The first-order valence-electron chi connectivity index (χ1n) is 6.62. The van der Waals surface area contributed by atoms with E-state index in [0.717, 1.165) is 12.8 Å². The summed E-state index contributed by atoms with van der Waals surface area (Å²) in [5.41, 5.74) is 0. The summed E-state index contributed by atoms with van der Waals surface area (Å²) in [6.45, 7) is 6.51.